The number of methoxy groups -OCH3 is 2. The molecule has 1 amide bonds. The molecular formula is C21H30N2O7. The van der Waals surface area contributed by atoms with Crippen LogP contribution in [0.15, 0.2) is 16.3 Å². The number of carbonyl (C=O) groups excluding carboxylic acids is 4. The molecule has 1 saturated heterocycles. The first-order valence-corrected chi connectivity index (χ1v) is 10.2. The van der Waals surface area contributed by atoms with Gasteiger partial charge in [0, 0.05) is 24.5 Å². The highest BCUT2D eigenvalue weighted by molar-refractivity contribution is 6.10. The smallest absolute Gasteiger partial charge is 0.336 e. The quantitative estimate of drug-likeness (QED) is 0.489. The highest BCUT2D eigenvalue weighted by Crippen LogP contribution is 2.33. The van der Waals surface area contributed by atoms with Crippen LogP contribution in [0.4, 0.5) is 0 Å². The van der Waals surface area contributed by atoms with E-state index in [0.717, 1.165) is 32.1 Å². The summed E-state index contributed by atoms with van der Waals surface area (Å²) in [7, 11) is 2.36. The molecule has 0 radical (unpaired) electrons. The maximum atomic E-state index is 13.0. The molecule has 2 atom stereocenters. The van der Waals surface area contributed by atoms with Crippen molar-refractivity contribution in [3.63, 3.8) is 0 Å². The van der Waals surface area contributed by atoms with Crippen LogP contribution < -0.4 is 0 Å². The van der Waals surface area contributed by atoms with E-state index in [1.54, 1.807) is 18.7 Å². The summed E-state index contributed by atoms with van der Waals surface area (Å²) >= 11 is 0. The van der Waals surface area contributed by atoms with Gasteiger partial charge in [0.05, 0.1) is 19.8 Å². The second kappa shape index (κ2) is 10.9. The number of likely N-dealkylation sites (tertiary alicyclic amines) is 1. The number of allylic oxidation sites excluding steroid dienone is 1. The van der Waals surface area contributed by atoms with Crippen LogP contribution in [0.25, 0.3) is 0 Å². The lowest BCUT2D eigenvalue weighted by Gasteiger charge is -2.29. The van der Waals surface area contributed by atoms with Gasteiger partial charge in [-0.3, -0.25) is 19.4 Å². The third-order valence-corrected chi connectivity index (χ3v) is 5.49. The Bertz CT molecular complexity index is 748. The number of rotatable bonds is 5. The molecular weight excluding hydrogens is 392 g/mol. The summed E-state index contributed by atoms with van der Waals surface area (Å²) in [6.07, 6.45) is 5.12. The third-order valence-electron chi connectivity index (χ3n) is 5.49. The number of aliphatic imine (C=N–C) groups is 1. The summed E-state index contributed by atoms with van der Waals surface area (Å²) in [5.41, 5.74) is 0.516. The summed E-state index contributed by atoms with van der Waals surface area (Å²) < 4.78 is 14.9. The lowest BCUT2D eigenvalue weighted by molar-refractivity contribution is -0.160. The third kappa shape index (κ3) is 5.46. The van der Waals surface area contributed by atoms with E-state index in [0.29, 0.717) is 18.8 Å². The highest BCUT2D eigenvalue weighted by atomic mass is 16.5. The standard InChI is InChI=1S/C21H30N2O7/c1-13-16(19(25)28-3)18(17(14(2)22-13)20(26)29-4)21(27)30-12-15(24)23-10-8-6-5-7-9-11-23/h16,18H,5-12H2,1-4H3/t16?,18-/m1/s1. The first kappa shape index (κ1) is 23.6. The zero-order valence-corrected chi connectivity index (χ0v) is 18.1. The molecule has 0 bridgehead atoms. The summed E-state index contributed by atoms with van der Waals surface area (Å²) in [5.74, 6) is -5.07. The van der Waals surface area contributed by atoms with Gasteiger partial charge in [0.15, 0.2) is 6.61 Å². The molecule has 0 aromatic heterocycles. The van der Waals surface area contributed by atoms with Crippen LogP contribution >= 0.6 is 0 Å². The normalized spacial score (nSPS) is 22.4. The molecule has 1 fully saturated rings. The summed E-state index contributed by atoms with van der Waals surface area (Å²) in [6.45, 7) is 3.93. The average Bonchev–Trinajstić information content (AvgIpc) is 2.69. The van der Waals surface area contributed by atoms with Gasteiger partial charge in [-0.25, -0.2) is 4.79 Å². The molecule has 2 aliphatic rings. The van der Waals surface area contributed by atoms with Gasteiger partial charge in [-0.05, 0) is 26.7 Å². The van der Waals surface area contributed by atoms with Crippen LogP contribution in [0, 0.1) is 11.8 Å². The fraction of sp³-hybridized carbons (Fsp3) is 0.667. The van der Waals surface area contributed by atoms with Crippen molar-refractivity contribution in [3.05, 3.63) is 11.3 Å². The predicted octanol–water partition coefficient (Wildman–Crippen LogP) is 1.65. The Labute approximate surface area is 176 Å². The first-order chi connectivity index (χ1) is 14.3. The molecule has 2 heterocycles. The minimum absolute atomic E-state index is 0.0674. The van der Waals surface area contributed by atoms with Gasteiger partial charge < -0.3 is 19.1 Å². The fourth-order valence-electron chi connectivity index (χ4n) is 3.91. The number of carbonyl (C=O) groups is 4. The van der Waals surface area contributed by atoms with Crippen molar-refractivity contribution in [3.8, 4) is 0 Å². The van der Waals surface area contributed by atoms with E-state index in [-0.39, 0.29) is 17.2 Å². The van der Waals surface area contributed by atoms with Gasteiger partial charge in [0.1, 0.15) is 11.8 Å². The van der Waals surface area contributed by atoms with E-state index in [1.165, 1.54) is 14.2 Å². The Hall–Kier alpha value is -2.71. The SMILES string of the molecule is COC(=O)C1=C(C)N=C(C)C(C(=O)OC)[C@H]1C(=O)OCC(=O)N1CCCCCCC1. The summed E-state index contributed by atoms with van der Waals surface area (Å²) in [5, 5.41) is 0. The number of amides is 1. The highest BCUT2D eigenvalue weighted by Gasteiger charge is 2.46. The molecule has 2 aliphatic heterocycles. The Morgan fingerprint density at radius 2 is 1.50 bits per heavy atom. The molecule has 1 unspecified atom stereocenters. The number of esters is 3. The van der Waals surface area contributed by atoms with Gasteiger partial charge >= 0.3 is 17.9 Å². The maximum Gasteiger partial charge on any atom is 0.336 e. The first-order valence-electron chi connectivity index (χ1n) is 10.2. The van der Waals surface area contributed by atoms with Crippen LogP contribution in [-0.2, 0) is 33.4 Å². The zero-order valence-electron chi connectivity index (χ0n) is 18.1. The molecule has 30 heavy (non-hydrogen) atoms. The zero-order chi connectivity index (χ0) is 22.3. The lowest BCUT2D eigenvalue weighted by atomic mass is 9.80. The second-order valence-corrected chi connectivity index (χ2v) is 7.48. The van der Waals surface area contributed by atoms with Crippen molar-refractivity contribution >= 4 is 29.5 Å². The second-order valence-electron chi connectivity index (χ2n) is 7.48. The molecule has 0 saturated carbocycles. The molecule has 9 heteroatoms. The van der Waals surface area contributed by atoms with E-state index in [1.807, 2.05) is 0 Å². The molecule has 0 aromatic rings. The van der Waals surface area contributed by atoms with E-state index in [9.17, 15) is 19.2 Å². The Morgan fingerprint density at radius 1 is 0.900 bits per heavy atom. The molecule has 2 rings (SSSR count). The van der Waals surface area contributed by atoms with Crippen molar-refractivity contribution in [1.82, 2.24) is 4.90 Å². The van der Waals surface area contributed by atoms with Crippen molar-refractivity contribution in [1.29, 1.82) is 0 Å². The fourth-order valence-corrected chi connectivity index (χ4v) is 3.91. The number of hydrogen-bond donors (Lipinski definition) is 0. The van der Waals surface area contributed by atoms with E-state index >= 15 is 0 Å². The topological polar surface area (TPSA) is 112 Å². The molecule has 166 valence electrons. The summed E-state index contributed by atoms with van der Waals surface area (Å²) in [4.78, 5) is 56.1. The van der Waals surface area contributed by atoms with Crippen LogP contribution in [0.1, 0.15) is 46.0 Å². The molecule has 9 nitrogen and oxygen atoms in total. The summed E-state index contributed by atoms with van der Waals surface area (Å²) in [6, 6.07) is 0. The van der Waals surface area contributed by atoms with Crippen molar-refractivity contribution in [2.45, 2.75) is 46.0 Å². The average molecular weight is 422 g/mol. The van der Waals surface area contributed by atoms with Gasteiger partial charge in [-0.15, -0.1) is 0 Å². The number of nitrogens with zero attached hydrogens (tertiary/aromatic N) is 2. The number of hydrogen-bond acceptors (Lipinski definition) is 8. The Morgan fingerprint density at radius 3 is 2.07 bits per heavy atom. The van der Waals surface area contributed by atoms with Gasteiger partial charge in [-0.2, -0.15) is 0 Å². The molecule has 0 aliphatic carbocycles. The van der Waals surface area contributed by atoms with Gasteiger partial charge in [0.2, 0.25) is 0 Å². The molecule has 0 spiro atoms. The number of ether oxygens (including phenoxy) is 3. The van der Waals surface area contributed by atoms with Crippen LogP contribution in [-0.4, -0.2) is 68.3 Å². The van der Waals surface area contributed by atoms with E-state index < -0.39 is 36.4 Å². The molecule has 0 N–H and O–H groups in total. The van der Waals surface area contributed by atoms with Gasteiger partial charge in [-0.1, -0.05) is 19.3 Å². The Kier molecular flexibility index (Phi) is 8.56. The van der Waals surface area contributed by atoms with Crippen molar-refractivity contribution < 1.29 is 33.4 Å². The monoisotopic (exact) mass is 422 g/mol. The maximum absolute atomic E-state index is 13.0. The van der Waals surface area contributed by atoms with Crippen molar-refractivity contribution in [2.75, 3.05) is 33.9 Å². The van der Waals surface area contributed by atoms with Gasteiger partial charge in [0.25, 0.3) is 5.91 Å². The van der Waals surface area contributed by atoms with Crippen LogP contribution in [0.3, 0.4) is 0 Å². The minimum Gasteiger partial charge on any atom is -0.468 e. The van der Waals surface area contributed by atoms with E-state index in [2.05, 4.69) is 4.99 Å². The van der Waals surface area contributed by atoms with Crippen molar-refractivity contribution in [2.24, 2.45) is 16.8 Å². The van der Waals surface area contributed by atoms with Crippen LogP contribution in [0.2, 0.25) is 0 Å². The van der Waals surface area contributed by atoms with Crippen LogP contribution in [0.5, 0.6) is 0 Å². The lowest BCUT2D eigenvalue weighted by Crippen LogP contribution is -2.43. The Balaban J connectivity index is 2.19. The predicted molar refractivity (Wildman–Crippen MR) is 107 cm³/mol. The molecule has 0 aromatic carbocycles. The van der Waals surface area contributed by atoms with E-state index in [4.69, 9.17) is 14.2 Å². The largest absolute Gasteiger partial charge is 0.468 e. The minimum atomic E-state index is -1.29.